The lowest BCUT2D eigenvalue weighted by Gasteiger charge is -2.19. The van der Waals surface area contributed by atoms with Crippen LogP contribution in [0.25, 0.3) is 0 Å². The number of rotatable bonds is 10. The first-order valence-electron chi connectivity index (χ1n) is 7.76. The maximum absolute atomic E-state index is 5.78. The summed E-state index contributed by atoms with van der Waals surface area (Å²) in [5.74, 6) is 3.61. The number of nitrogens with one attached hydrogen (secondary N) is 1. The van der Waals surface area contributed by atoms with Crippen LogP contribution in [0.5, 0.6) is 5.75 Å². The second-order valence-electron chi connectivity index (χ2n) is 5.51. The molecule has 0 aliphatic rings. The first-order valence-corrected chi connectivity index (χ1v) is 7.76. The van der Waals surface area contributed by atoms with E-state index in [1.54, 1.807) is 0 Å². The Bertz CT molecular complexity index is 420. The highest BCUT2D eigenvalue weighted by atomic mass is 16.5. The molecule has 21 heavy (non-hydrogen) atoms. The Hall–Kier alpha value is -1.50. The SMILES string of the molecule is C#CCN(CCC)CCOc1ccc(CNC(C)C)cc1. The van der Waals surface area contributed by atoms with Gasteiger partial charge in [-0.3, -0.25) is 4.90 Å². The van der Waals surface area contributed by atoms with E-state index in [-0.39, 0.29) is 0 Å². The summed E-state index contributed by atoms with van der Waals surface area (Å²) >= 11 is 0. The van der Waals surface area contributed by atoms with Gasteiger partial charge in [0.25, 0.3) is 0 Å². The van der Waals surface area contributed by atoms with Crippen molar-refractivity contribution in [3.8, 4) is 18.1 Å². The summed E-state index contributed by atoms with van der Waals surface area (Å²) < 4.78 is 5.78. The molecule has 0 amide bonds. The van der Waals surface area contributed by atoms with Crippen LogP contribution in [0.2, 0.25) is 0 Å². The van der Waals surface area contributed by atoms with E-state index in [2.05, 4.69) is 49.0 Å². The zero-order chi connectivity index (χ0) is 15.5. The number of hydrogen-bond acceptors (Lipinski definition) is 3. The minimum atomic E-state index is 0.502. The summed E-state index contributed by atoms with van der Waals surface area (Å²) in [7, 11) is 0. The van der Waals surface area contributed by atoms with E-state index >= 15 is 0 Å². The lowest BCUT2D eigenvalue weighted by atomic mass is 10.2. The minimum Gasteiger partial charge on any atom is -0.492 e. The normalized spacial score (nSPS) is 10.9. The van der Waals surface area contributed by atoms with Crippen molar-refractivity contribution >= 4 is 0 Å². The van der Waals surface area contributed by atoms with Gasteiger partial charge in [0, 0.05) is 19.1 Å². The predicted octanol–water partition coefficient (Wildman–Crippen LogP) is 2.91. The van der Waals surface area contributed by atoms with Gasteiger partial charge in [0.15, 0.2) is 0 Å². The molecular weight excluding hydrogens is 260 g/mol. The van der Waals surface area contributed by atoms with E-state index in [1.807, 2.05) is 12.1 Å². The van der Waals surface area contributed by atoms with Gasteiger partial charge in [0.05, 0.1) is 6.54 Å². The molecule has 1 rings (SSSR count). The number of ether oxygens (including phenoxy) is 1. The van der Waals surface area contributed by atoms with Gasteiger partial charge in [0.1, 0.15) is 12.4 Å². The highest BCUT2D eigenvalue weighted by Crippen LogP contribution is 2.12. The van der Waals surface area contributed by atoms with E-state index in [9.17, 15) is 0 Å². The standard InChI is InChI=1S/C18H28N2O/c1-5-11-20(12-6-2)13-14-21-18-9-7-17(8-10-18)15-19-16(3)4/h1,7-10,16,19H,6,11-15H2,2-4H3. The largest absolute Gasteiger partial charge is 0.492 e. The van der Waals surface area contributed by atoms with Crippen LogP contribution in [-0.4, -0.2) is 37.2 Å². The molecule has 0 aromatic heterocycles. The molecule has 0 saturated carbocycles. The summed E-state index contributed by atoms with van der Waals surface area (Å²) in [4.78, 5) is 2.24. The van der Waals surface area contributed by atoms with Gasteiger partial charge >= 0.3 is 0 Å². The molecule has 0 atom stereocenters. The van der Waals surface area contributed by atoms with Crippen molar-refractivity contribution in [1.82, 2.24) is 10.2 Å². The number of terminal acetylenes is 1. The van der Waals surface area contributed by atoms with Gasteiger partial charge < -0.3 is 10.1 Å². The maximum atomic E-state index is 5.78. The van der Waals surface area contributed by atoms with Crippen LogP contribution < -0.4 is 10.1 Å². The van der Waals surface area contributed by atoms with Crippen molar-refractivity contribution in [2.24, 2.45) is 0 Å². The fourth-order valence-electron chi connectivity index (χ4n) is 2.03. The highest BCUT2D eigenvalue weighted by Gasteiger charge is 2.02. The molecule has 0 radical (unpaired) electrons. The summed E-state index contributed by atoms with van der Waals surface area (Å²) in [6, 6.07) is 8.78. The van der Waals surface area contributed by atoms with Crippen molar-refractivity contribution in [3.63, 3.8) is 0 Å². The topological polar surface area (TPSA) is 24.5 Å². The summed E-state index contributed by atoms with van der Waals surface area (Å²) in [6.45, 7) is 10.6. The van der Waals surface area contributed by atoms with Gasteiger partial charge in [0.2, 0.25) is 0 Å². The van der Waals surface area contributed by atoms with Crippen LogP contribution in [0.1, 0.15) is 32.8 Å². The predicted molar refractivity (Wildman–Crippen MR) is 89.5 cm³/mol. The third-order valence-electron chi connectivity index (χ3n) is 3.17. The highest BCUT2D eigenvalue weighted by molar-refractivity contribution is 5.27. The van der Waals surface area contributed by atoms with E-state index in [0.717, 1.165) is 31.8 Å². The Balaban J connectivity index is 2.33. The summed E-state index contributed by atoms with van der Waals surface area (Å²) in [5.41, 5.74) is 1.27. The van der Waals surface area contributed by atoms with Crippen molar-refractivity contribution in [3.05, 3.63) is 29.8 Å². The van der Waals surface area contributed by atoms with Crippen molar-refractivity contribution in [2.45, 2.75) is 39.8 Å². The second kappa shape index (κ2) is 10.3. The van der Waals surface area contributed by atoms with E-state index in [0.29, 0.717) is 19.2 Å². The summed E-state index contributed by atoms with van der Waals surface area (Å²) in [6.07, 6.45) is 6.48. The number of hydrogen-bond donors (Lipinski definition) is 1. The van der Waals surface area contributed by atoms with Gasteiger partial charge in [-0.2, -0.15) is 0 Å². The first-order chi connectivity index (χ1) is 10.2. The zero-order valence-corrected chi connectivity index (χ0v) is 13.6. The molecule has 1 aromatic rings. The van der Waals surface area contributed by atoms with Crippen LogP contribution in [0, 0.1) is 12.3 Å². The zero-order valence-electron chi connectivity index (χ0n) is 13.6. The van der Waals surface area contributed by atoms with Crippen molar-refractivity contribution in [2.75, 3.05) is 26.2 Å². The van der Waals surface area contributed by atoms with Crippen molar-refractivity contribution < 1.29 is 4.74 Å². The van der Waals surface area contributed by atoms with Crippen LogP contribution in [0.4, 0.5) is 0 Å². The molecular formula is C18H28N2O. The molecule has 3 heteroatoms. The average Bonchev–Trinajstić information content (AvgIpc) is 2.47. The van der Waals surface area contributed by atoms with E-state index in [4.69, 9.17) is 11.2 Å². The number of benzene rings is 1. The van der Waals surface area contributed by atoms with E-state index in [1.165, 1.54) is 5.56 Å². The van der Waals surface area contributed by atoms with Crippen molar-refractivity contribution in [1.29, 1.82) is 0 Å². The van der Waals surface area contributed by atoms with Gasteiger partial charge in [-0.05, 0) is 30.7 Å². The first kappa shape index (κ1) is 17.6. The molecule has 0 bridgehead atoms. The van der Waals surface area contributed by atoms with Crippen LogP contribution in [-0.2, 0) is 6.54 Å². The smallest absolute Gasteiger partial charge is 0.119 e. The lowest BCUT2D eigenvalue weighted by molar-refractivity contribution is 0.225. The molecule has 0 fully saturated rings. The Morgan fingerprint density at radius 2 is 1.95 bits per heavy atom. The average molecular weight is 288 g/mol. The Kier molecular flexibility index (Phi) is 8.57. The fraction of sp³-hybridized carbons (Fsp3) is 0.556. The monoisotopic (exact) mass is 288 g/mol. The Morgan fingerprint density at radius 1 is 1.24 bits per heavy atom. The van der Waals surface area contributed by atoms with Gasteiger partial charge in [-0.25, -0.2) is 0 Å². The second-order valence-corrected chi connectivity index (χ2v) is 5.51. The minimum absolute atomic E-state index is 0.502. The summed E-state index contributed by atoms with van der Waals surface area (Å²) in [5, 5.41) is 3.40. The van der Waals surface area contributed by atoms with E-state index < -0.39 is 0 Å². The number of nitrogens with zero attached hydrogens (tertiary/aromatic N) is 1. The molecule has 0 saturated heterocycles. The molecule has 0 aliphatic carbocycles. The van der Waals surface area contributed by atoms with Crippen LogP contribution in [0.15, 0.2) is 24.3 Å². The molecule has 0 unspecified atom stereocenters. The van der Waals surface area contributed by atoms with Crippen LogP contribution >= 0.6 is 0 Å². The third-order valence-corrected chi connectivity index (χ3v) is 3.17. The van der Waals surface area contributed by atoms with Crippen LogP contribution in [0.3, 0.4) is 0 Å². The quantitative estimate of drug-likeness (QED) is 0.670. The maximum Gasteiger partial charge on any atom is 0.119 e. The fourth-order valence-corrected chi connectivity index (χ4v) is 2.03. The Labute approximate surface area is 129 Å². The molecule has 116 valence electrons. The molecule has 3 nitrogen and oxygen atoms in total. The van der Waals surface area contributed by atoms with Gasteiger partial charge in [-0.15, -0.1) is 6.42 Å². The third kappa shape index (κ3) is 7.75. The Morgan fingerprint density at radius 3 is 2.52 bits per heavy atom. The van der Waals surface area contributed by atoms with Gasteiger partial charge in [-0.1, -0.05) is 38.8 Å². The molecule has 0 aliphatic heterocycles. The molecule has 1 aromatic carbocycles. The molecule has 0 spiro atoms. The lowest BCUT2D eigenvalue weighted by Crippen LogP contribution is -2.29. The molecule has 0 heterocycles. The molecule has 1 N–H and O–H groups in total.